The lowest BCUT2D eigenvalue weighted by atomic mass is 10.1. The Morgan fingerprint density at radius 2 is 1.52 bits per heavy atom. The van der Waals surface area contributed by atoms with E-state index < -0.39 is 0 Å². The molecule has 3 rings (SSSR count). The lowest BCUT2D eigenvalue weighted by Gasteiger charge is -2.02. The van der Waals surface area contributed by atoms with Gasteiger partial charge in [-0.15, -0.1) is 0 Å². The van der Waals surface area contributed by atoms with Crippen LogP contribution < -0.4 is 4.74 Å². The van der Waals surface area contributed by atoms with Gasteiger partial charge < -0.3 is 4.74 Å². The summed E-state index contributed by atoms with van der Waals surface area (Å²) in [6.07, 6.45) is 6.41. The number of nitrogens with zero attached hydrogens (tertiary/aromatic N) is 2. The molecule has 1 heterocycles. The van der Waals surface area contributed by atoms with Gasteiger partial charge in [-0.3, -0.25) is 9.98 Å². The molecule has 2 aromatic carbocycles. The van der Waals surface area contributed by atoms with Crippen molar-refractivity contribution in [1.82, 2.24) is 4.98 Å². The predicted molar refractivity (Wildman–Crippen MR) is 93.7 cm³/mol. The summed E-state index contributed by atoms with van der Waals surface area (Å²) in [5.41, 5.74) is 4.51. The first-order chi connectivity index (χ1) is 11.3. The summed E-state index contributed by atoms with van der Waals surface area (Å²) in [5.74, 6) is 0.850. The maximum Gasteiger partial charge on any atom is 0.118 e. The first-order valence-electron chi connectivity index (χ1n) is 7.49. The third-order valence-corrected chi connectivity index (χ3v) is 3.57. The molecule has 1 aromatic heterocycles. The standard InChI is InChI=1S/C20H18N2O/c1-23-20-8-4-18(5-9-20)15-22-19-6-2-16(3-7-19)14-17-10-12-21-13-11-17/h2-13,15H,14H2,1H3. The third-order valence-electron chi connectivity index (χ3n) is 3.57. The number of benzene rings is 2. The molecule has 0 atom stereocenters. The van der Waals surface area contributed by atoms with E-state index in [0.717, 1.165) is 23.4 Å². The Hall–Kier alpha value is -2.94. The maximum absolute atomic E-state index is 5.15. The zero-order valence-corrected chi connectivity index (χ0v) is 13.0. The fourth-order valence-electron chi connectivity index (χ4n) is 2.28. The second kappa shape index (κ2) is 7.36. The molecule has 0 bridgehead atoms. The topological polar surface area (TPSA) is 34.5 Å². The summed E-state index contributed by atoms with van der Waals surface area (Å²) in [5, 5.41) is 0. The molecule has 3 heteroatoms. The summed E-state index contributed by atoms with van der Waals surface area (Å²) >= 11 is 0. The number of pyridine rings is 1. The Labute approximate surface area is 136 Å². The van der Waals surface area contributed by atoms with Gasteiger partial charge in [-0.25, -0.2) is 0 Å². The quantitative estimate of drug-likeness (QED) is 0.653. The first-order valence-corrected chi connectivity index (χ1v) is 7.49. The fraction of sp³-hybridized carbons (Fsp3) is 0.100. The van der Waals surface area contributed by atoms with Crippen LogP contribution in [0.25, 0.3) is 0 Å². The molecular formula is C20H18N2O. The molecule has 0 aliphatic rings. The number of hydrogen-bond donors (Lipinski definition) is 0. The summed E-state index contributed by atoms with van der Waals surface area (Å²) in [6, 6.07) is 20.2. The summed E-state index contributed by atoms with van der Waals surface area (Å²) < 4.78 is 5.15. The van der Waals surface area contributed by atoms with Gasteiger partial charge in [-0.05, 0) is 71.6 Å². The molecule has 0 spiro atoms. The van der Waals surface area contributed by atoms with Gasteiger partial charge in [0.15, 0.2) is 0 Å². The Bertz CT molecular complexity index is 763. The zero-order valence-electron chi connectivity index (χ0n) is 13.0. The van der Waals surface area contributed by atoms with Crippen molar-refractivity contribution < 1.29 is 4.74 Å². The second-order valence-corrected chi connectivity index (χ2v) is 5.23. The molecule has 0 N–H and O–H groups in total. The highest BCUT2D eigenvalue weighted by Crippen LogP contribution is 2.16. The molecule has 0 radical (unpaired) electrons. The van der Waals surface area contributed by atoms with Crippen LogP contribution in [0.1, 0.15) is 16.7 Å². The number of ether oxygens (including phenoxy) is 1. The van der Waals surface area contributed by atoms with Crippen LogP contribution in [0, 0.1) is 0 Å². The van der Waals surface area contributed by atoms with Crippen LogP contribution in [0.15, 0.2) is 78.0 Å². The van der Waals surface area contributed by atoms with E-state index in [-0.39, 0.29) is 0 Å². The number of aromatic nitrogens is 1. The van der Waals surface area contributed by atoms with E-state index in [1.165, 1.54) is 11.1 Å². The summed E-state index contributed by atoms with van der Waals surface area (Å²) in [6.45, 7) is 0. The molecule has 23 heavy (non-hydrogen) atoms. The normalized spacial score (nSPS) is 10.8. The molecule has 0 saturated carbocycles. The van der Waals surface area contributed by atoms with Crippen molar-refractivity contribution in [3.05, 3.63) is 89.7 Å². The number of rotatable bonds is 5. The number of aliphatic imine (C=N–C) groups is 1. The van der Waals surface area contributed by atoms with E-state index in [4.69, 9.17) is 4.74 Å². The summed E-state index contributed by atoms with van der Waals surface area (Å²) in [4.78, 5) is 8.54. The SMILES string of the molecule is COc1ccc(C=Nc2ccc(Cc3ccncc3)cc2)cc1. The van der Waals surface area contributed by atoms with Crippen LogP contribution in [0.3, 0.4) is 0 Å². The molecule has 114 valence electrons. The zero-order chi connectivity index (χ0) is 15.9. The van der Waals surface area contributed by atoms with Crippen molar-refractivity contribution in [3.63, 3.8) is 0 Å². The van der Waals surface area contributed by atoms with Crippen molar-refractivity contribution in [1.29, 1.82) is 0 Å². The van der Waals surface area contributed by atoms with Crippen LogP contribution >= 0.6 is 0 Å². The predicted octanol–water partition coefficient (Wildman–Crippen LogP) is 4.43. The number of methoxy groups -OCH3 is 1. The molecule has 0 amide bonds. The Morgan fingerprint density at radius 3 is 2.17 bits per heavy atom. The van der Waals surface area contributed by atoms with Crippen molar-refractivity contribution in [2.24, 2.45) is 4.99 Å². The van der Waals surface area contributed by atoms with Crippen LogP contribution in [0.5, 0.6) is 5.75 Å². The van der Waals surface area contributed by atoms with E-state index in [1.807, 2.05) is 67.1 Å². The molecule has 3 aromatic rings. The van der Waals surface area contributed by atoms with Gasteiger partial charge in [0.2, 0.25) is 0 Å². The molecular weight excluding hydrogens is 284 g/mol. The maximum atomic E-state index is 5.15. The lowest BCUT2D eigenvalue weighted by molar-refractivity contribution is 0.415. The highest BCUT2D eigenvalue weighted by Gasteiger charge is 1.97. The van der Waals surface area contributed by atoms with Crippen LogP contribution in [0.2, 0.25) is 0 Å². The smallest absolute Gasteiger partial charge is 0.118 e. The average molecular weight is 302 g/mol. The fourth-order valence-corrected chi connectivity index (χ4v) is 2.28. The minimum absolute atomic E-state index is 0.850. The minimum Gasteiger partial charge on any atom is -0.497 e. The van der Waals surface area contributed by atoms with Gasteiger partial charge in [0.05, 0.1) is 12.8 Å². The lowest BCUT2D eigenvalue weighted by Crippen LogP contribution is -1.87. The van der Waals surface area contributed by atoms with Crippen molar-refractivity contribution >= 4 is 11.9 Å². The highest BCUT2D eigenvalue weighted by atomic mass is 16.5. The van der Waals surface area contributed by atoms with Crippen LogP contribution in [0.4, 0.5) is 5.69 Å². The molecule has 3 nitrogen and oxygen atoms in total. The van der Waals surface area contributed by atoms with Crippen molar-refractivity contribution in [3.8, 4) is 5.75 Å². The molecule has 0 unspecified atom stereocenters. The van der Waals surface area contributed by atoms with Gasteiger partial charge in [-0.2, -0.15) is 0 Å². The molecule has 0 aliphatic heterocycles. The Kier molecular flexibility index (Phi) is 4.79. The van der Waals surface area contributed by atoms with Crippen molar-refractivity contribution in [2.45, 2.75) is 6.42 Å². The Balaban J connectivity index is 1.65. The van der Waals surface area contributed by atoms with Crippen molar-refractivity contribution in [2.75, 3.05) is 7.11 Å². The van der Waals surface area contributed by atoms with Gasteiger partial charge in [0.25, 0.3) is 0 Å². The van der Waals surface area contributed by atoms with Gasteiger partial charge in [0.1, 0.15) is 5.75 Å². The van der Waals surface area contributed by atoms with E-state index >= 15 is 0 Å². The number of hydrogen-bond acceptors (Lipinski definition) is 3. The molecule has 0 aliphatic carbocycles. The summed E-state index contributed by atoms with van der Waals surface area (Å²) in [7, 11) is 1.66. The largest absolute Gasteiger partial charge is 0.497 e. The van der Waals surface area contributed by atoms with Gasteiger partial charge >= 0.3 is 0 Å². The average Bonchev–Trinajstić information content (AvgIpc) is 2.62. The third kappa shape index (κ3) is 4.27. The second-order valence-electron chi connectivity index (χ2n) is 5.23. The van der Waals surface area contributed by atoms with E-state index in [1.54, 1.807) is 7.11 Å². The van der Waals surface area contributed by atoms with E-state index in [0.29, 0.717) is 0 Å². The van der Waals surface area contributed by atoms with Crippen LogP contribution in [-0.4, -0.2) is 18.3 Å². The Morgan fingerprint density at radius 1 is 0.870 bits per heavy atom. The highest BCUT2D eigenvalue weighted by molar-refractivity contribution is 5.82. The van der Waals surface area contributed by atoms with E-state index in [9.17, 15) is 0 Å². The van der Waals surface area contributed by atoms with Gasteiger partial charge in [0, 0.05) is 18.6 Å². The van der Waals surface area contributed by atoms with Crippen LogP contribution in [-0.2, 0) is 6.42 Å². The molecule has 0 fully saturated rings. The first kappa shape index (κ1) is 15.0. The van der Waals surface area contributed by atoms with Gasteiger partial charge in [-0.1, -0.05) is 12.1 Å². The van der Waals surface area contributed by atoms with E-state index in [2.05, 4.69) is 22.1 Å². The minimum atomic E-state index is 0.850. The monoisotopic (exact) mass is 302 g/mol. The molecule has 0 saturated heterocycles.